The Morgan fingerprint density at radius 1 is 1.67 bits per heavy atom. The van der Waals surface area contributed by atoms with Gasteiger partial charge in [-0.1, -0.05) is 0 Å². The monoisotopic (exact) mass is 216 g/mol. The Kier molecular flexibility index (Phi) is 5.42. The molecule has 0 aromatic carbocycles. The van der Waals surface area contributed by atoms with E-state index in [0.717, 1.165) is 26.1 Å². The van der Waals surface area contributed by atoms with E-state index in [0.29, 0.717) is 12.6 Å². The standard InChI is InChI=1S/C10H20N2O3/c1-15-8-4-9-3-2-6-12(9)7-5-11-10(13)14/h9,11H,2-8H2,1H3,(H,13,14). The Morgan fingerprint density at radius 2 is 2.47 bits per heavy atom. The molecule has 1 rings (SSSR count). The van der Waals surface area contributed by atoms with E-state index < -0.39 is 6.09 Å². The minimum absolute atomic E-state index is 0.513. The number of nitrogens with one attached hydrogen (secondary N) is 1. The maximum absolute atomic E-state index is 10.3. The van der Waals surface area contributed by atoms with Crippen LogP contribution < -0.4 is 5.32 Å². The summed E-state index contributed by atoms with van der Waals surface area (Å²) >= 11 is 0. The first-order valence-electron chi connectivity index (χ1n) is 5.44. The summed E-state index contributed by atoms with van der Waals surface area (Å²) in [7, 11) is 1.71. The first-order chi connectivity index (χ1) is 7.24. The van der Waals surface area contributed by atoms with Crippen LogP contribution in [0.15, 0.2) is 0 Å². The van der Waals surface area contributed by atoms with Crippen LogP contribution in [0.25, 0.3) is 0 Å². The van der Waals surface area contributed by atoms with Crippen molar-refractivity contribution in [1.82, 2.24) is 10.2 Å². The molecule has 5 heteroatoms. The smallest absolute Gasteiger partial charge is 0.404 e. The lowest BCUT2D eigenvalue weighted by atomic mass is 10.1. The van der Waals surface area contributed by atoms with Crippen LogP contribution >= 0.6 is 0 Å². The molecule has 1 fully saturated rings. The third-order valence-corrected chi connectivity index (χ3v) is 2.83. The van der Waals surface area contributed by atoms with Crippen LogP contribution in [0.3, 0.4) is 0 Å². The third kappa shape index (κ3) is 4.48. The Bertz CT molecular complexity index is 199. The molecule has 5 nitrogen and oxygen atoms in total. The lowest BCUT2D eigenvalue weighted by Crippen LogP contribution is -2.37. The number of carbonyl (C=O) groups is 1. The SMILES string of the molecule is COCCC1CCCN1CCNC(=O)O. The molecule has 1 amide bonds. The first-order valence-corrected chi connectivity index (χ1v) is 5.44. The minimum atomic E-state index is -0.942. The molecule has 0 aromatic rings. The first kappa shape index (κ1) is 12.3. The number of carboxylic acid groups (broad SMARTS) is 1. The van der Waals surface area contributed by atoms with Crippen LogP contribution in [-0.2, 0) is 4.74 Å². The summed E-state index contributed by atoms with van der Waals surface area (Å²) in [6, 6.07) is 0.570. The summed E-state index contributed by atoms with van der Waals surface area (Å²) < 4.78 is 5.06. The van der Waals surface area contributed by atoms with Crippen LogP contribution in [0.4, 0.5) is 4.79 Å². The van der Waals surface area contributed by atoms with Crippen molar-refractivity contribution >= 4 is 6.09 Å². The lowest BCUT2D eigenvalue weighted by Gasteiger charge is -2.23. The minimum Gasteiger partial charge on any atom is -0.465 e. The number of nitrogens with zero attached hydrogens (tertiary/aromatic N) is 1. The molecule has 15 heavy (non-hydrogen) atoms. The van der Waals surface area contributed by atoms with Crippen LogP contribution in [0.2, 0.25) is 0 Å². The Morgan fingerprint density at radius 3 is 3.13 bits per heavy atom. The fraction of sp³-hybridized carbons (Fsp3) is 0.900. The summed E-state index contributed by atoms with van der Waals surface area (Å²) in [5, 5.41) is 10.8. The molecule has 0 saturated carbocycles. The van der Waals surface area contributed by atoms with E-state index in [1.54, 1.807) is 7.11 Å². The fourth-order valence-corrected chi connectivity index (χ4v) is 2.08. The molecule has 2 N–H and O–H groups in total. The topological polar surface area (TPSA) is 61.8 Å². The van der Waals surface area contributed by atoms with E-state index >= 15 is 0 Å². The highest BCUT2D eigenvalue weighted by molar-refractivity contribution is 5.64. The number of methoxy groups -OCH3 is 1. The molecule has 0 aromatic heterocycles. The molecule has 0 radical (unpaired) electrons. The number of hydrogen-bond donors (Lipinski definition) is 2. The number of amides is 1. The zero-order chi connectivity index (χ0) is 11.1. The van der Waals surface area contributed by atoms with E-state index in [4.69, 9.17) is 9.84 Å². The number of ether oxygens (including phenoxy) is 1. The van der Waals surface area contributed by atoms with Gasteiger partial charge in [0, 0.05) is 32.8 Å². The van der Waals surface area contributed by atoms with Gasteiger partial charge < -0.3 is 15.2 Å². The van der Waals surface area contributed by atoms with Gasteiger partial charge in [0.25, 0.3) is 0 Å². The second-order valence-electron chi connectivity index (χ2n) is 3.85. The zero-order valence-corrected chi connectivity index (χ0v) is 9.24. The van der Waals surface area contributed by atoms with Gasteiger partial charge in [0.1, 0.15) is 0 Å². The summed E-state index contributed by atoms with van der Waals surface area (Å²) in [6.45, 7) is 3.18. The molecule has 0 spiro atoms. The second-order valence-corrected chi connectivity index (χ2v) is 3.85. The van der Waals surface area contributed by atoms with E-state index in [1.807, 2.05) is 0 Å². The summed E-state index contributed by atoms with van der Waals surface area (Å²) in [5.41, 5.74) is 0. The quantitative estimate of drug-likeness (QED) is 0.688. The number of hydrogen-bond acceptors (Lipinski definition) is 3. The second kappa shape index (κ2) is 6.63. The fourth-order valence-electron chi connectivity index (χ4n) is 2.08. The van der Waals surface area contributed by atoms with E-state index in [1.165, 1.54) is 12.8 Å². The predicted octanol–water partition coefficient (Wildman–Crippen LogP) is 0.755. The molecule has 1 aliphatic heterocycles. The van der Waals surface area contributed by atoms with E-state index in [-0.39, 0.29) is 0 Å². The van der Waals surface area contributed by atoms with Crippen molar-refractivity contribution in [1.29, 1.82) is 0 Å². The van der Waals surface area contributed by atoms with Crippen LogP contribution in [0.1, 0.15) is 19.3 Å². The maximum atomic E-state index is 10.3. The van der Waals surface area contributed by atoms with Crippen LogP contribution in [-0.4, -0.2) is 55.5 Å². The van der Waals surface area contributed by atoms with Gasteiger partial charge in [0.05, 0.1) is 0 Å². The summed E-state index contributed by atoms with van der Waals surface area (Å²) in [4.78, 5) is 12.6. The molecule has 0 bridgehead atoms. The highest BCUT2D eigenvalue weighted by Crippen LogP contribution is 2.19. The summed E-state index contributed by atoms with van der Waals surface area (Å²) in [5.74, 6) is 0. The van der Waals surface area contributed by atoms with Crippen LogP contribution in [0.5, 0.6) is 0 Å². The van der Waals surface area contributed by atoms with Crippen LogP contribution in [0, 0.1) is 0 Å². The average Bonchev–Trinajstić information content (AvgIpc) is 2.62. The third-order valence-electron chi connectivity index (χ3n) is 2.83. The lowest BCUT2D eigenvalue weighted by molar-refractivity contribution is 0.151. The van der Waals surface area contributed by atoms with Gasteiger partial charge in [-0.15, -0.1) is 0 Å². The molecule has 0 aliphatic carbocycles. The van der Waals surface area contributed by atoms with Gasteiger partial charge in [0.2, 0.25) is 0 Å². The van der Waals surface area contributed by atoms with Gasteiger partial charge >= 0.3 is 6.09 Å². The Balaban J connectivity index is 2.17. The van der Waals surface area contributed by atoms with Gasteiger partial charge in [-0.25, -0.2) is 4.79 Å². The van der Waals surface area contributed by atoms with Crippen molar-refractivity contribution in [3.05, 3.63) is 0 Å². The molecule has 88 valence electrons. The van der Waals surface area contributed by atoms with Crippen molar-refractivity contribution in [3.63, 3.8) is 0 Å². The van der Waals surface area contributed by atoms with Gasteiger partial charge in [0.15, 0.2) is 0 Å². The maximum Gasteiger partial charge on any atom is 0.404 e. The molecule has 1 aliphatic rings. The number of rotatable bonds is 6. The largest absolute Gasteiger partial charge is 0.465 e. The molecule has 1 heterocycles. The van der Waals surface area contributed by atoms with E-state index in [9.17, 15) is 4.79 Å². The summed E-state index contributed by atoms with van der Waals surface area (Å²) in [6.07, 6.45) is 2.52. The Hall–Kier alpha value is -0.810. The molecule has 1 atom stereocenters. The molecule has 1 unspecified atom stereocenters. The van der Waals surface area contributed by atoms with Crippen molar-refractivity contribution in [2.75, 3.05) is 33.4 Å². The molecular formula is C10H20N2O3. The van der Waals surface area contributed by atoms with Gasteiger partial charge in [-0.3, -0.25) is 4.90 Å². The average molecular weight is 216 g/mol. The highest BCUT2D eigenvalue weighted by atomic mass is 16.5. The van der Waals surface area contributed by atoms with Crippen molar-refractivity contribution in [3.8, 4) is 0 Å². The van der Waals surface area contributed by atoms with Gasteiger partial charge in [-0.2, -0.15) is 0 Å². The normalized spacial score (nSPS) is 21.8. The zero-order valence-electron chi connectivity index (χ0n) is 9.24. The molecule has 1 saturated heterocycles. The van der Waals surface area contributed by atoms with Crippen molar-refractivity contribution in [2.45, 2.75) is 25.3 Å². The highest BCUT2D eigenvalue weighted by Gasteiger charge is 2.23. The number of likely N-dealkylation sites (tertiary alicyclic amines) is 1. The Labute approximate surface area is 90.4 Å². The van der Waals surface area contributed by atoms with E-state index in [2.05, 4.69) is 10.2 Å². The predicted molar refractivity (Wildman–Crippen MR) is 57.1 cm³/mol. The van der Waals surface area contributed by atoms with Gasteiger partial charge in [-0.05, 0) is 25.8 Å². The van der Waals surface area contributed by atoms with Crippen molar-refractivity contribution < 1.29 is 14.6 Å². The molecular weight excluding hydrogens is 196 g/mol. The van der Waals surface area contributed by atoms with Crippen molar-refractivity contribution in [2.24, 2.45) is 0 Å².